The fourth-order valence-corrected chi connectivity index (χ4v) is 5.66. The molecule has 2 saturated heterocycles. The van der Waals surface area contributed by atoms with Crippen LogP contribution in [0, 0.1) is 0 Å². The molecular weight excluding hydrogens is 412 g/mol. The van der Waals surface area contributed by atoms with Gasteiger partial charge in [0.15, 0.2) is 0 Å². The molecule has 5 aliphatic rings. The molecule has 1 spiro atoms. The molecule has 2 amide bonds. The summed E-state index contributed by atoms with van der Waals surface area (Å²) in [4.78, 5) is 26.9. The molecule has 4 aliphatic heterocycles. The summed E-state index contributed by atoms with van der Waals surface area (Å²) in [7, 11) is 0. The molecule has 1 saturated carbocycles. The van der Waals surface area contributed by atoms with E-state index in [9.17, 15) is 9.59 Å². The maximum absolute atomic E-state index is 13.0. The van der Waals surface area contributed by atoms with Gasteiger partial charge in [-0.3, -0.25) is 4.79 Å². The van der Waals surface area contributed by atoms with Crippen molar-refractivity contribution in [3.05, 3.63) is 29.8 Å². The number of morpholine rings is 1. The number of fused-ring (bicyclic) bond motifs is 7. The van der Waals surface area contributed by atoms with Gasteiger partial charge in [-0.15, -0.1) is 0 Å². The van der Waals surface area contributed by atoms with Crippen LogP contribution in [0.15, 0.2) is 24.3 Å². The predicted molar refractivity (Wildman–Crippen MR) is 116 cm³/mol. The van der Waals surface area contributed by atoms with Crippen LogP contribution in [-0.4, -0.2) is 74.2 Å². The largest absolute Gasteiger partial charge is 0.490 e. The van der Waals surface area contributed by atoms with Crippen molar-refractivity contribution in [2.45, 2.75) is 62.1 Å². The Morgan fingerprint density at radius 3 is 2.75 bits per heavy atom. The van der Waals surface area contributed by atoms with Crippen LogP contribution in [0.2, 0.25) is 0 Å². The summed E-state index contributed by atoms with van der Waals surface area (Å²) in [6, 6.07) is 7.92. The second-order valence-corrected chi connectivity index (χ2v) is 9.35. The molecular formula is C24H32N2O6. The van der Waals surface area contributed by atoms with Gasteiger partial charge in [0, 0.05) is 6.54 Å². The van der Waals surface area contributed by atoms with E-state index in [-0.39, 0.29) is 31.3 Å². The Morgan fingerprint density at radius 2 is 1.91 bits per heavy atom. The van der Waals surface area contributed by atoms with E-state index >= 15 is 0 Å². The number of carbonyl (C=O) groups is 2. The van der Waals surface area contributed by atoms with Gasteiger partial charge in [0.25, 0.3) is 0 Å². The summed E-state index contributed by atoms with van der Waals surface area (Å²) in [6.07, 6.45) is 5.35. The minimum atomic E-state index is -0.636. The number of hydrogen-bond acceptors (Lipinski definition) is 6. The van der Waals surface area contributed by atoms with Gasteiger partial charge in [0.2, 0.25) is 5.91 Å². The Bertz CT molecular complexity index is 836. The lowest BCUT2D eigenvalue weighted by atomic mass is 9.80. The van der Waals surface area contributed by atoms with Crippen LogP contribution in [-0.2, 0) is 19.0 Å². The summed E-state index contributed by atoms with van der Waals surface area (Å²) < 4.78 is 23.4. The molecule has 174 valence electrons. The smallest absolute Gasteiger partial charge is 0.410 e. The van der Waals surface area contributed by atoms with Crippen LogP contribution in [0.1, 0.15) is 50.0 Å². The zero-order valence-corrected chi connectivity index (χ0v) is 18.4. The number of benzene rings is 1. The van der Waals surface area contributed by atoms with Crippen molar-refractivity contribution in [3.63, 3.8) is 0 Å². The number of rotatable bonds is 0. The maximum atomic E-state index is 13.0. The molecule has 4 bridgehead atoms. The zero-order chi connectivity index (χ0) is 22.0. The fourth-order valence-electron chi connectivity index (χ4n) is 5.66. The van der Waals surface area contributed by atoms with Crippen molar-refractivity contribution in [2.75, 3.05) is 39.6 Å². The topological polar surface area (TPSA) is 86.3 Å². The molecule has 2 atom stereocenters. The fraction of sp³-hybridized carbons (Fsp3) is 0.667. The monoisotopic (exact) mass is 444 g/mol. The van der Waals surface area contributed by atoms with Crippen molar-refractivity contribution in [1.29, 1.82) is 0 Å². The molecule has 0 radical (unpaired) electrons. The van der Waals surface area contributed by atoms with Crippen molar-refractivity contribution < 1.29 is 28.5 Å². The van der Waals surface area contributed by atoms with E-state index < -0.39 is 11.6 Å². The average molecular weight is 445 g/mol. The van der Waals surface area contributed by atoms with Gasteiger partial charge < -0.3 is 29.2 Å². The average Bonchev–Trinajstić information content (AvgIpc) is 2.81. The third-order valence-corrected chi connectivity index (χ3v) is 7.32. The molecule has 3 fully saturated rings. The molecule has 1 N–H and O–H groups in total. The molecule has 1 aromatic rings. The van der Waals surface area contributed by atoms with Gasteiger partial charge in [0.05, 0.1) is 30.9 Å². The molecule has 1 aromatic carbocycles. The summed E-state index contributed by atoms with van der Waals surface area (Å²) in [5.41, 5.74) is 0.660. The first-order valence-corrected chi connectivity index (χ1v) is 11.8. The lowest BCUT2D eigenvalue weighted by Crippen LogP contribution is -2.72. The number of amides is 2. The van der Waals surface area contributed by atoms with Gasteiger partial charge >= 0.3 is 6.09 Å². The summed E-state index contributed by atoms with van der Waals surface area (Å²) >= 11 is 0. The first kappa shape index (κ1) is 21.5. The van der Waals surface area contributed by atoms with E-state index in [1.807, 2.05) is 12.1 Å². The summed E-state index contributed by atoms with van der Waals surface area (Å²) in [6.45, 7) is 1.82. The van der Waals surface area contributed by atoms with E-state index in [1.165, 1.54) is 5.56 Å². The minimum Gasteiger partial charge on any atom is -0.490 e. The Hall–Kier alpha value is -2.32. The van der Waals surface area contributed by atoms with Crippen molar-refractivity contribution in [1.82, 2.24) is 10.2 Å². The van der Waals surface area contributed by atoms with Crippen LogP contribution < -0.4 is 10.1 Å². The van der Waals surface area contributed by atoms with Gasteiger partial charge in [-0.25, -0.2) is 4.79 Å². The lowest BCUT2D eigenvalue weighted by Gasteiger charge is -2.51. The van der Waals surface area contributed by atoms with Crippen molar-refractivity contribution >= 4 is 12.0 Å². The van der Waals surface area contributed by atoms with Crippen LogP contribution in [0.3, 0.4) is 0 Å². The SMILES string of the molecule is O=C1COC[C@]2(CCCN3C(=O)OCCOc4cccc(c4)C4CCC(CC4)OC[C@@H]32)N1. The van der Waals surface area contributed by atoms with Gasteiger partial charge in [0.1, 0.15) is 25.6 Å². The number of carbonyl (C=O) groups excluding carboxylic acids is 2. The zero-order valence-electron chi connectivity index (χ0n) is 18.4. The third kappa shape index (κ3) is 4.43. The van der Waals surface area contributed by atoms with E-state index in [0.29, 0.717) is 32.3 Å². The van der Waals surface area contributed by atoms with Crippen molar-refractivity contribution in [2.24, 2.45) is 0 Å². The molecule has 8 heteroatoms. The van der Waals surface area contributed by atoms with Gasteiger partial charge in [-0.1, -0.05) is 12.1 Å². The lowest BCUT2D eigenvalue weighted by molar-refractivity contribution is -0.144. The Labute approximate surface area is 188 Å². The number of piperidine rings is 1. The summed E-state index contributed by atoms with van der Waals surface area (Å²) in [5, 5.41) is 3.13. The van der Waals surface area contributed by atoms with Gasteiger partial charge in [-0.2, -0.15) is 0 Å². The van der Waals surface area contributed by atoms with E-state index in [0.717, 1.165) is 44.3 Å². The standard InChI is InChI=1S/C24H32N2O6/c27-22-15-29-16-24(25-22)9-2-10-26-21(24)14-32-19-7-5-17(6-8-19)18-3-1-4-20(13-18)30-11-12-31-23(26)28/h1,3-4,13,17,19,21H,2,5-12,14-16H2,(H,25,27)/t17?,19?,21-,24+/m1/s1. The highest BCUT2D eigenvalue weighted by atomic mass is 16.6. The van der Waals surface area contributed by atoms with Crippen molar-refractivity contribution in [3.8, 4) is 5.75 Å². The molecule has 6 rings (SSSR count). The predicted octanol–water partition coefficient (Wildman–Crippen LogP) is 2.61. The van der Waals surface area contributed by atoms with Crippen LogP contribution in [0.25, 0.3) is 0 Å². The van der Waals surface area contributed by atoms with Crippen LogP contribution in [0.4, 0.5) is 4.79 Å². The van der Waals surface area contributed by atoms with E-state index in [1.54, 1.807) is 4.90 Å². The number of nitrogens with zero attached hydrogens (tertiary/aromatic N) is 1. The molecule has 4 heterocycles. The second-order valence-electron chi connectivity index (χ2n) is 9.35. The number of ether oxygens (including phenoxy) is 4. The van der Waals surface area contributed by atoms with E-state index in [4.69, 9.17) is 18.9 Å². The molecule has 0 aromatic heterocycles. The first-order chi connectivity index (χ1) is 15.6. The second kappa shape index (κ2) is 9.27. The summed E-state index contributed by atoms with van der Waals surface area (Å²) in [5.74, 6) is 1.17. The molecule has 8 nitrogen and oxygen atoms in total. The highest BCUT2D eigenvalue weighted by Gasteiger charge is 2.50. The number of nitrogens with one attached hydrogen (secondary N) is 1. The molecule has 1 aliphatic carbocycles. The minimum absolute atomic E-state index is 0.0568. The van der Waals surface area contributed by atoms with Crippen LogP contribution in [0.5, 0.6) is 5.75 Å². The molecule has 0 unspecified atom stereocenters. The third-order valence-electron chi connectivity index (χ3n) is 7.32. The van der Waals surface area contributed by atoms with E-state index in [2.05, 4.69) is 17.4 Å². The number of hydrogen-bond donors (Lipinski definition) is 1. The first-order valence-electron chi connectivity index (χ1n) is 11.8. The quantitative estimate of drug-likeness (QED) is 0.662. The highest BCUT2D eigenvalue weighted by molar-refractivity contribution is 5.79. The highest BCUT2D eigenvalue weighted by Crippen LogP contribution is 2.37. The van der Waals surface area contributed by atoms with Crippen LogP contribution >= 0.6 is 0 Å². The Morgan fingerprint density at radius 1 is 1.06 bits per heavy atom. The normalized spacial score (nSPS) is 33.8. The van der Waals surface area contributed by atoms with Gasteiger partial charge in [-0.05, 0) is 62.1 Å². The Kier molecular flexibility index (Phi) is 6.24. The molecule has 32 heavy (non-hydrogen) atoms. The maximum Gasteiger partial charge on any atom is 0.410 e. The Balaban J connectivity index is 1.38.